The lowest BCUT2D eigenvalue weighted by Crippen LogP contribution is -2.47. The molecular formula is C15H26F3IN6O2S. The monoisotopic (exact) mass is 538 g/mol. The van der Waals surface area contributed by atoms with Crippen LogP contribution in [0.2, 0.25) is 0 Å². The number of piperidine rings is 1. The molecule has 1 aromatic rings. The van der Waals surface area contributed by atoms with Crippen molar-refractivity contribution in [2.45, 2.75) is 24.9 Å². The fraction of sp³-hybridized carbons (Fsp3) is 0.733. The second kappa shape index (κ2) is 10.1. The molecule has 0 spiro atoms. The summed E-state index contributed by atoms with van der Waals surface area (Å²) in [7, 11) is 0.133. The Morgan fingerprint density at radius 2 is 2.00 bits per heavy atom. The molecule has 1 aromatic heterocycles. The van der Waals surface area contributed by atoms with Gasteiger partial charge in [0.15, 0.2) is 5.96 Å². The number of hydrogen-bond donors (Lipinski definition) is 1. The van der Waals surface area contributed by atoms with E-state index in [4.69, 9.17) is 0 Å². The van der Waals surface area contributed by atoms with Crippen LogP contribution in [0, 0.1) is 5.92 Å². The summed E-state index contributed by atoms with van der Waals surface area (Å²) in [5.74, 6) is 0.734. The molecule has 0 bridgehead atoms. The maximum atomic E-state index is 12.6. The van der Waals surface area contributed by atoms with Crippen LogP contribution in [0.1, 0.15) is 18.4 Å². The first kappa shape index (κ1) is 24.9. The Labute approximate surface area is 180 Å². The molecular weight excluding hydrogens is 512 g/mol. The van der Waals surface area contributed by atoms with Crippen LogP contribution in [-0.2, 0) is 23.6 Å². The second-order valence-electron chi connectivity index (χ2n) is 6.60. The largest absolute Gasteiger partial charge is 0.511 e. The van der Waals surface area contributed by atoms with E-state index in [1.807, 2.05) is 25.2 Å². The van der Waals surface area contributed by atoms with Crippen LogP contribution in [0.4, 0.5) is 13.2 Å². The summed E-state index contributed by atoms with van der Waals surface area (Å²) in [6, 6.07) is 0. The summed E-state index contributed by atoms with van der Waals surface area (Å²) < 4.78 is 63.0. The van der Waals surface area contributed by atoms with Crippen molar-refractivity contribution >= 4 is 40.0 Å². The number of aryl methyl sites for hydroxylation is 1. The number of rotatable bonds is 5. The molecule has 0 radical (unpaired) electrons. The van der Waals surface area contributed by atoms with Gasteiger partial charge in [-0.05, 0) is 18.8 Å². The Morgan fingerprint density at radius 1 is 1.39 bits per heavy atom. The Kier molecular flexibility index (Phi) is 8.99. The van der Waals surface area contributed by atoms with Crippen LogP contribution in [-0.4, -0.2) is 72.6 Å². The average Bonchev–Trinajstić information content (AvgIpc) is 2.99. The van der Waals surface area contributed by atoms with Crippen molar-refractivity contribution in [3.8, 4) is 0 Å². The molecule has 1 aliphatic rings. The maximum Gasteiger partial charge on any atom is 0.511 e. The quantitative estimate of drug-likeness (QED) is 0.350. The van der Waals surface area contributed by atoms with E-state index in [2.05, 4.69) is 15.4 Å². The second-order valence-corrected chi connectivity index (χ2v) is 8.53. The first-order valence-electron chi connectivity index (χ1n) is 8.50. The summed E-state index contributed by atoms with van der Waals surface area (Å²) in [4.78, 5) is 6.13. The zero-order valence-electron chi connectivity index (χ0n) is 16.0. The lowest BCUT2D eigenvalue weighted by atomic mass is 9.98. The van der Waals surface area contributed by atoms with Crippen molar-refractivity contribution in [3.63, 3.8) is 0 Å². The molecule has 0 aromatic carbocycles. The number of guanidine groups is 1. The summed E-state index contributed by atoms with van der Waals surface area (Å²) in [5.41, 5.74) is -4.22. The zero-order chi connectivity index (χ0) is 20.2. The van der Waals surface area contributed by atoms with Gasteiger partial charge in [-0.15, -0.1) is 24.0 Å². The SMILES string of the molecule is CN=C(NCC1CCN(S(=O)(=O)C(F)(F)F)CC1)N(C)Cc1cnn(C)c1.I. The highest BCUT2D eigenvalue weighted by atomic mass is 127. The summed E-state index contributed by atoms with van der Waals surface area (Å²) in [6.45, 7) is 0.871. The van der Waals surface area contributed by atoms with Gasteiger partial charge in [-0.1, -0.05) is 0 Å². The van der Waals surface area contributed by atoms with Gasteiger partial charge in [0, 0.05) is 59.1 Å². The smallest absolute Gasteiger partial charge is 0.356 e. The summed E-state index contributed by atoms with van der Waals surface area (Å²) >= 11 is 0. The summed E-state index contributed by atoms with van der Waals surface area (Å²) in [6.07, 6.45) is 4.40. The molecule has 0 aliphatic carbocycles. The van der Waals surface area contributed by atoms with E-state index in [9.17, 15) is 21.6 Å². The minimum absolute atomic E-state index is 0. The van der Waals surface area contributed by atoms with Gasteiger partial charge in [-0.2, -0.15) is 22.6 Å². The number of nitrogens with zero attached hydrogens (tertiary/aromatic N) is 5. The zero-order valence-corrected chi connectivity index (χ0v) is 19.1. The average molecular weight is 538 g/mol. The molecule has 0 amide bonds. The maximum absolute atomic E-state index is 12.6. The fourth-order valence-electron chi connectivity index (χ4n) is 3.02. The number of aliphatic imine (C=N–C) groups is 1. The number of sulfonamides is 1. The first-order chi connectivity index (χ1) is 12.5. The first-order valence-corrected chi connectivity index (χ1v) is 9.94. The predicted molar refractivity (Wildman–Crippen MR) is 111 cm³/mol. The van der Waals surface area contributed by atoms with Crippen LogP contribution in [0.5, 0.6) is 0 Å². The van der Waals surface area contributed by atoms with E-state index in [0.717, 1.165) is 5.56 Å². The molecule has 2 rings (SSSR count). The van der Waals surface area contributed by atoms with E-state index in [-0.39, 0.29) is 43.0 Å². The third kappa shape index (κ3) is 6.20. The van der Waals surface area contributed by atoms with Crippen molar-refractivity contribution < 1.29 is 21.6 Å². The third-order valence-corrected chi connectivity index (χ3v) is 6.14. The molecule has 8 nitrogen and oxygen atoms in total. The van der Waals surface area contributed by atoms with Gasteiger partial charge in [-0.3, -0.25) is 9.67 Å². The molecule has 0 saturated carbocycles. The number of alkyl halides is 3. The van der Waals surface area contributed by atoms with Crippen molar-refractivity contribution in [1.82, 2.24) is 24.3 Å². The fourth-order valence-corrected chi connectivity index (χ4v) is 4.01. The Morgan fingerprint density at radius 3 is 2.46 bits per heavy atom. The van der Waals surface area contributed by atoms with Crippen LogP contribution >= 0.6 is 24.0 Å². The normalized spacial score (nSPS) is 17.3. The molecule has 2 heterocycles. The Hall–Kier alpha value is -1.09. The van der Waals surface area contributed by atoms with E-state index in [0.29, 0.717) is 36.2 Å². The van der Waals surface area contributed by atoms with Gasteiger partial charge in [0.25, 0.3) is 0 Å². The van der Waals surface area contributed by atoms with E-state index in [1.54, 1.807) is 17.9 Å². The Balaban J connectivity index is 0.00000392. The van der Waals surface area contributed by atoms with Crippen LogP contribution in [0.3, 0.4) is 0 Å². The number of hydrogen-bond acceptors (Lipinski definition) is 4. The van der Waals surface area contributed by atoms with Crippen molar-refractivity contribution in [2.24, 2.45) is 18.0 Å². The minimum atomic E-state index is -5.24. The van der Waals surface area contributed by atoms with E-state index >= 15 is 0 Å². The molecule has 1 N–H and O–H groups in total. The standard InChI is InChI=1S/C15H25F3N6O2S.HI/c1-19-14(22(2)10-13-9-21-23(3)11-13)20-8-12-4-6-24(7-5-12)27(25,26)15(16,17)18;/h9,11-12H,4-8,10H2,1-3H3,(H,19,20);1H. The van der Waals surface area contributed by atoms with E-state index in [1.165, 1.54) is 0 Å². The van der Waals surface area contributed by atoms with Gasteiger partial charge in [-0.25, -0.2) is 8.42 Å². The van der Waals surface area contributed by atoms with Crippen LogP contribution in [0.25, 0.3) is 0 Å². The van der Waals surface area contributed by atoms with Gasteiger partial charge in [0.2, 0.25) is 0 Å². The highest BCUT2D eigenvalue weighted by molar-refractivity contribution is 14.0. The van der Waals surface area contributed by atoms with E-state index < -0.39 is 15.5 Å². The van der Waals surface area contributed by atoms with Crippen LogP contribution in [0.15, 0.2) is 17.4 Å². The molecule has 13 heteroatoms. The Bertz CT molecular complexity index is 760. The minimum Gasteiger partial charge on any atom is -0.356 e. The number of nitrogens with one attached hydrogen (secondary N) is 1. The topological polar surface area (TPSA) is 82.8 Å². The highest BCUT2D eigenvalue weighted by Crippen LogP contribution is 2.30. The number of halogens is 4. The van der Waals surface area contributed by atoms with Crippen molar-refractivity contribution in [3.05, 3.63) is 18.0 Å². The molecule has 162 valence electrons. The van der Waals surface area contributed by atoms with Crippen molar-refractivity contribution in [2.75, 3.05) is 33.7 Å². The van der Waals surface area contributed by atoms with Gasteiger partial charge in [0.1, 0.15) is 0 Å². The molecule has 0 atom stereocenters. The molecule has 28 heavy (non-hydrogen) atoms. The lowest BCUT2D eigenvalue weighted by molar-refractivity contribution is -0.0496. The molecule has 1 fully saturated rings. The van der Waals surface area contributed by atoms with Gasteiger partial charge < -0.3 is 10.2 Å². The van der Waals surface area contributed by atoms with Crippen molar-refractivity contribution in [1.29, 1.82) is 0 Å². The summed E-state index contributed by atoms with van der Waals surface area (Å²) in [5, 5.41) is 7.32. The third-order valence-electron chi connectivity index (χ3n) is 4.51. The highest BCUT2D eigenvalue weighted by Gasteiger charge is 2.50. The predicted octanol–water partition coefficient (Wildman–Crippen LogP) is 1.61. The van der Waals surface area contributed by atoms with Gasteiger partial charge >= 0.3 is 15.5 Å². The van der Waals surface area contributed by atoms with Gasteiger partial charge in [0.05, 0.1) is 6.20 Å². The number of aromatic nitrogens is 2. The lowest BCUT2D eigenvalue weighted by Gasteiger charge is -2.32. The molecule has 0 unspecified atom stereocenters. The van der Waals surface area contributed by atoms with Crippen LogP contribution < -0.4 is 5.32 Å². The molecule has 1 saturated heterocycles. The molecule has 1 aliphatic heterocycles.